The zero-order chi connectivity index (χ0) is 14.5. The Kier molecular flexibility index (Phi) is 5.83. The van der Waals surface area contributed by atoms with E-state index in [1.807, 2.05) is 0 Å². The number of benzene rings is 1. The van der Waals surface area contributed by atoms with Crippen molar-refractivity contribution in [3.05, 3.63) is 29.8 Å². The molecule has 1 aromatic carbocycles. The van der Waals surface area contributed by atoms with Crippen LogP contribution in [0.4, 0.5) is 5.69 Å². The Morgan fingerprint density at radius 1 is 0.947 bits per heavy atom. The van der Waals surface area contributed by atoms with Gasteiger partial charge in [0.2, 0.25) is 0 Å². The van der Waals surface area contributed by atoms with Gasteiger partial charge in [0.05, 0.1) is 0 Å². The van der Waals surface area contributed by atoms with Gasteiger partial charge in [-0.3, -0.25) is 0 Å². The number of likely N-dealkylation sites (N-methyl/N-ethyl adjacent to an activating group) is 2. The molecule has 0 saturated carbocycles. The Bertz CT molecular complexity index is 363. The topological polar surface area (TPSA) is 18.5 Å². The summed E-state index contributed by atoms with van der Waals surface area (Å²) in [5.41, 5.74) is 2.78. The monoisotopic (exact) mass is 263 g/mol. The molecule has 0 aromatic heterocycles. The largest absolute Gasteiger partial charge is 0.373 e. The molecule has 0 aliphatic carbocycles. The molecule has 0 heterocycles. The number of hydrogen-bond acceptors (Lipinski definition) is 3. The maximum Gasteiger partial charge on any atom is 0.0364 e. The minimum absolute atomic E-state index is 0.168. The van der Waals surface area contributed by atoms with Crippen LogP contribution in [0.25, 0.3) is 0 Å². The molecule has 1 N–H and O–H groups in total. The second-order valence-corrected chi connectivity index (χ2v) is 6.49. The van der Waals surface area contributed by atoms with E-state index in [4.69, 9.17) is 0 Å². The molecule has 0 amide bonds. The van der Waals surface area contributed by atoms with E-state index in [0.717, 1.165) is 19.6 Å². The molecule has 3 heteroatoms. The average Bonchev–Trinajstić information content (AvgIpc) is 2.33. The van der Waals surface area contributed by atoms with Crippen LogP contribution in [-0.4, -0.2) is 44.7 Å². The highest BCUT2D eigenvalue weighted by molar-refractivity contribution is 5.46. The SMILES string of the molecule is CN(C)CCN(C)c1ccc(CNC(C)(C)C)cc1. The molecule has 108 valence electrons. The van der Waals surface area contributed by atoms with Gasteiger partial charge in [-0.15, -0.1) is 0 Å². The molecule has 0 atom stereocenters. The lowest BCUT2D eigenvalue weighted by atomic mass is 10.1. The molecule has 0 fully saturated rings. The molecule has 0 aliphatic rings. The zero-order valence-electron chi connectivity index (χ0n) is 13.3. The first-order valence-corrected chi connectivity index (χ1v) is 6.98. The summed E-state index contributed by atoms with van der Waals surface area (Å²) in [4.78, 5) is 4.50. The van der Waals surface area contributed by atoms with Gasteiger partial charge in [0.1, 0.15) is 0 Å². The van der Waals surface area contributed by atoms with Gasteiger partial charge >= 0.3 is 0 Å². The Balaban J connectivity index is 2.51. The van der Waals surface area contributed by atoms with E-state index in [-0.39, 0.29) is 5.54 Å². The second kappa shape index (κ2) is 6.92. The number of hydrogen-bond donors (Lipinski definition) is 1. The van der Waals surface area contributed by atoms with Crippen molar-refractivity contribution < 1.29 is 0 Å². The van der Waals surface area contributed by atoms with Crippen molar-refractivity contribution in [2.24, 2.45) is 0 Å². The van der Waals surface area contributed by atoms with E-state index in [1.165, 1.54) is 11.3 Å². The summed E-state index contributed by atoms with van der Waals surface area (Å²) in [6, 6.07) is 8.82. The van der Waals surface area contributed by atoms with E-state index in [2.05, 4.69) is 81.3 Å². The Morgan fingerprint density at radius 2 is 1.53 bits per heavy atom. The summed E-state index contributed by atoms with van der Waals surface area (Å²) in [5, 5.41) is 3.51. The standard InChI is InChI=1S/C16H29N3/c1-16(2,3)17-13-14-7-9-15(10-8-14)19(6)12-11-18(4)5/h7-10,17H,11-13H2,1-6H3. The van der Waals surface area contributed by atoms with Gasteiger partial charge in [0.25, 0.3) is 0 Å². The fourth-order valence-electron chi connectivity index (χ4n) is 1.71. The molecule has 19 heavy (non-hydrogen) atoms. The van der Waals surface area contributed by atoms with Crippen molar-refractivity contribution in [2.45, 2.75) is 32.9 Å². The van der Waals surface area contributed by atoms with Crippen LogP contribution >= 0.6 is 0 Å². The van der Waals surface area contributed by atoms with Gasteiger partial charge in [0.15, 0.2) is 0 Å². The first kappa shape index (κ1) is 16.0. The molecule has 1 aromatic rings. The van der Waals surface area contributed by atoms with Gasteiger partial charge in [-0.25, -0.2) is 0 Å². The van der Waals surface area contributed by atoms with Crippen molar-refractivity contribution in [1.82, 2.24) is 10.2 Å². The van der Waals surface area contributed by atoms with Gasteiger partial charge in [-0.1, -0.05) is 12.1 Å². The molecule has 0 aliphatic heterocycles. The third kappa shape index (κ3) is 6.60. The first-order chi connectivity index (χ1) is 8.78. The predicted molar refractivity (Wildman–Crippen MR) is 84.9 cm³/mol. The van der Waals surface area contributed by atoms with E-state index in [9.17, 15) is 0 Å². The van der Waals surface area contributed by atoms with Crippen LogP contribution in [-0.2, 0) is 6.54 Å². The molecule has 0 bridgehead atoms. The maximum atomic E-state index is 3.51. The molecule has 0 spiro atoms. The third-order valence-electron chi connectivity index (χ3n) is 3.08. The van der Waals surface area contributed by atoms with E-state index in [0.29, 0.717) is 0 Å². The minimum atomic E-state index is 0.168. The number of nitrogens with zero attached hydrogens (tertiary/aromatic N) is 2. The Hall–Kier alpha value is -1.06. The summed E-state index contributed by atoms with van der Waals surface area (Å²) in [6.07, 6.45) is 0. The van der Waals surface area contributed by atoms with Crippen LogP contribution in [0, 0.1) is 0 Å². The Labute approximate surface area is 118 Å². The average molecular weight is 263 g/mol. The van der Waals surface area contributed by atoms with Gasteiger partial charge < -0.3 is 15.1 Å². The molecule has 0 saturated heterocycles. The first-order valence-electron chi connectivity index (χ1n) is 6.98. The molecule has 3 nitrogen and oxygen atoms in total. The van der Waals surface area contributed by atoms with Crippen molar-refractivity contribution in [3.8, 4) is 0 Å². The predicted octanol–water partition coefficient (Wildman–Crippen LogP) is 2.57. The van der Waals surface area contributed by atoms with Crippen LogP contribution in [0.1, 0.15) is 26.3 Å². The highest BCUT2D eigenvalue weighted by atomic mass is 15.1. The Morgan fingerprint density at radius 3 is 2.00 bits per heavy atom. The summed E-state index contributed by atoms with van der Waals surface area (Å²) < 4.78 is 0. The highest BCUT2D eigenvalue weighted by Crippen LogP contribution is 2.14. The van der Waals surface area contributed by atoms with Crippen molar-refractivity contribution in [1.29, 1.82) is 0 Å². The fraction of sp³-hybridized carbons (Fsp3) is 0.625. The highest BCUT2D eigenvalue weighted by Gasteiger charge is 2.08. The summed E-state index contributed by atoms with van der Waals surface area (Å²) >= 11 is 0. The van der Waals surface area contributed by atoms with Crippen LogP contribution < -0.4 is 10.2 Å². The number of rotatable bonds is 6. The van der Waals surface area contributed by atoms with Crippen molar-refractivity contribution in [2.75, 3.05) is 39.1 Å². The van der Waals surface area contributed by atoms with Crippen LogP contribution in [0.2, 0.25) is 0 Å². The second-order valence-electron chi connectivity index (χ2n) is 6.49. The van der Waals surface area contributed by atoms with E-state index < -0.39 is 0 Å². The van der Waals surface area contributed by atoms with Crippen molar-refractivity contribution in [3.63, 3.8) is 0 Å². The van der Waals surface area contributed by atoms with Crippen molar-refractivity contribution >= 4 is 5.69 Å². The number of nitrogens with one attached hydrogen (secondary N) is 1. The lowest BCUT2D eigenvalue weighted by Crippen LogP contribution is -2.35. The summed E-state index contributed by atoms with van der Waals surface area (Å²) in [6.45, 7) is 9.62. The maximum absolute atomic E-state index is 3.51. The lowest BCUT2D eigenvalue weighted by Gasteiger charge is -2.23. The molecular weight excluding hydrogens is 234 g/mol. The zero-order valence-corrected chi connectivity index (χ0v) is 13.3. The normalized spacial score (nSPS) is 11.9. The smallest absolute Gasteiger partial charge is 0.0364 e. The molecule has 1 rings (SSSR count). The van der Waals surface area contributed by atoms with E-state index in [1.54, 1.807) is 0 Å². The molecule has 0 radical (unpaired) electrons. The fourth-order valence-corrected chi connectivity index (χ4v) is 1.71. The van der Waals surface area contributed by atoms with Crippen LogP contribution in [0.15, 0.2) is 24.3 Å². The molecule has 0 unspecified atom stereocenters. The summed E-state index contributed by atoms with van der Waals surface area (Å²) in [5.74, 6) is 0. The van der Waals surface area contributed by atoms with Gasteiger partial charge in [0, 0.05) is 37.9 Å². The summed E-state index contributed by atoms with van der Waals surface area (Å²) in [7, 11) is 6.36. The van der Waals surface area contributed by atoms with Gasteiger partial charge in [-0.05, 0) is 52.6 Å². The minimum Gasteiger partial charge on any atom is -0.373 e. The van der Waals surface area contributed by atoms with E-state index >= 15 is 0 Å². The number of anilines is 1. The van der Waals surface area contributed by atoms with Crippen LogP contribution in [0.3, 0.4) is 0 Å². The quantitative estimate of drug-likeness (QED) is 0.851. The molecular formula is C16H29N3. The van der Waals surface area contributed by atoms with Gasteiger partial charge in [-0.2, -0.15) is 0 Å². The van der Waals surface area contributed by atoms with Crippen LogP contribution in [0.5, 0.6) is 0 Å². The third-order valence-corrected chi connectivity index (χ3v) is 3.08. The lowest BCUT2D eigenvalue weighted by molar-refractivity contribution is 0.416.